The molecule has 1 rings (SSSR count). The molecule has 66 valence electrons. The topological polar surface area (TPSA) is 73.9 Å². The molecule has 0 atom stereocenters. The summed E-state index contributed by atoms with van der Waals surface area (Å²) in [4.78, 5) is 16.4. The monoisotopic (exact) mass is 169 g/mol. The number of nitrogens with one attached hydrogen (secondary N) is 2. The van der Waals surface area contributed by atoms with Crippen LogP contribution in [-0.4, -0.2) is 40.2 Å². The maximum atomic E-state index is 11.0. The Labute approximate surface area is 70.0 Å². The summed E-state index contributed by atoms with van der Waals surface area (Å²) < 4.78 is 0. The van der Waals surface area contributed by atoms with E-state index in [9.17, 15) is 4.79 Å². The van der Waals surface area contributed by atoms with Crippen molar-refractivity contribution in [2.24, 2.45) is 0 Å². The zero-order valence-electron chi connectivity index (χ0n) is 7.03. The van der Waals surface area contributed by atoms with Crippen LogP contribution in [0.15, 0.2) is 6.33 Å². The molecule has 0 saturated carbocycles. The summed E-state index contributed by atoms with van der Waals surface area (Å²) in [6.45, 7) is 0.430. The Balaban J connectivity index is 2.47. The summed E-state index contributed by atoms with van der Waals surface area (Å²) in [5.41, 5.74) is 0. The highest BCUT2D eigenvalue weighted by Crippen LogP contribution is 1.93. The van der Waals surface area contributed by atoms with E-state index in [1.165, 1.54) is 11.2 Å². The Morgan fingerprint density at radius 2 is 2.58 bits per heavy atom. The largest absolute Gasteiger partial charge is 0.341 e. The molecule has 0 aliphatic carbocycles. The number of aromatic nitrogens is 3. The van der Waals surface area contributed by atoms with Crippen molar-refractivity contribution < 1.29 is 4.79 Å². The van der Waals surface area contributed by atoms with Gasteiger partial charge in [-0.2, -0.15) is 5.10 Å². The van der Waals surface area contributed by atoms with Crippen molar-refractivity contribution in [2.45, 2.75) is 6.54 Å². The van der Waals surface area contributed by atoms with Crippen LogP contribution < -0.4 is 5.32 Å². The molecule has 0 unspecified atom stereocenters. The number of nitrogens with zero attached hydrogens (tertiary/aromatic N) is 3. The van der Waals surface area contributed by atoms with Gasteiger partial charge in [0, 0.05) is 14.1 Å². The Kier molecular flexibility index (Phi) is 2.62. The first-order valence-corrected chi connectivity index (χ1v) is 3.51. The summed E-state index contributed by atoms with van der Waals surface area (Å²) in [6, 6.07) is -0.147. The summed E-state index contributed by atoms with van der Waals surface area (Å²) >= 11 is 0. The molecule has 0 saturated heterocycles. The van der Waals surface area contributed by atoms with Crippen molar-refractivity contribution in [3.63, 3.8) is 0 Å². The summed E-state index contributed by atoms with van der Waals surface area (Å²) in [7, 11) is 3.26. The van der Waals surface area contributed by atoms with Gasteiger partial charge in [-0.05, 0) is 0 Å². The van der Waals surface area contributed by atoms with Crippen molar-refractivity contribution in [3.8, 4) is 0 Å². The molecule has 0 aromatic carbocycles. The van der Waals surface area contributed by atoms with Gasteiger partial charge in [-0.3, -0.25) is 5.10 Å². The molecule has 0 fully saturated rings. The van der Waals surface area contributed by atoms with Crippen LogP contribution >= 0.6 is 0 Å². The van der Waals surface area contributed by atoms with Gasteiger partial charge in [-0.1, -0.05) is 0 Å². The predicted octanol–water partition coefficient (Wildman–Crippen LogP) is -0.424. The average Bonchev–Trinajstić information content (AvgIpc) is 2.55. The Morgan fingerprint density at radius 1 is 1.83 bits per heavy atom. The summed E-state index contributed by atoms with van der Waals surface area (Å²) in [5.74, 6) is 0.668. The minimum Gasteiger partial charge on any atom is -0.341 e. The molecule has 1 aromatic rings. The van der Waals surface area contributed by atoms with Crippen LogP contribution in [0.4, 0.5) is 4.79 Å². The highest BCUT2D eigenvalue weighted by atomic mass is 16.2. The van der Waals surface area contributed by atoms with Crippen LogP contribution in [0.3, 0.4) is 0 Å². The molecule has 0 aliphatic heterocycles. The Hall–Kier alpha value is -1.59. The second-order valence-corrected chi connectivity index (χ2v) is 2.34. The zero-order valence-corrected chi connectivity index (χ0v) is 7.03. The van der Waals surface area contributed by atoms with Crippen LogP contribution in [0, 0.1) is 0 Å². The highest BCUT2D eigenvalue weighted by Gasteiger charge is 2.07. The summed E-state index contributed by atoms with van der Waals surface area (Å²) in [6.07, 6.45) is 1.41. The SMILES string of the molecule is CNC(=O)N(C)Cc1ncn[nH]1. The van der Waals surface area contributed by atoms with Crippen LogP contribution in [-0.2, 0) is 6.54 Å². The number of urea groups is 1. The van der Waals surface area contributed by atoms with Gasteiger partial charge in [-0.25, -0.2) is 9.78 Å². The quantitative estimate of drug-likeness (QED) is 0.631. The molecule has 0 radical (unpaired) electrons. The van der Waals surface area contributed by atoms with Gasteiger partial charge in [0.1, 0.15) is 12.2 Å². The molecule has 6 heteroatoms. The van der Waals surface area contributed by atoms with Gasteiger partial charge >= 0.3 is 6.03 Å². The third kappa shape index (κ3) is 1.94. The van der Waals surface area contributed by atoms with E-state index in [0.29, 0.717) is 12.4 Å². The number of H-pyrrole nitrogens is 1. The van der Waals surface area contributed by atoms with Crippen LogP contribution in [0.25, 0.3) is 0 Å². The van der Waals surface area contributed by atoms with Crippen LogP contribution in [0.2, 0.25) is 0 Å². The second kappa shape index (κ2) is 3.70. The minimum absolute atomic E-state index is 0.147. The fourth-order valence-electron chi connectivity index (χ4n) is 0.794. The Bertz CT molecular complexity index is 244. The highest BCUT2D eigenvalue weighted by molar-refractivity contribution is 5.73. The fraction of sp³-hybridized carbons (Fsp3) is 0.500. The lowest BCUT2D eigenvalue weighted by atomic mass is 10.5. The van der Waals surface area contributed by atoms with Crippen molar-refractivity contribution in [1.82, 2.24) is 25.4 Å². The van der Waals surface area contributed by atoms with Gasteiger partial charge in [0.2, 0.25) is 0 Å². The molecule has 1 heterocycles. The number of carbonyl (C=O) groups is 1. The van der Waals surface area contributed by atoms with E-state index < -0.39 is 0 Å². The third-order valence-electron chi connectivity index (χ3n) is 1.41. The number of hydrogen-bond donors (Lipinski definition) is 2. The smallest absolute Gasteiger partial charge is 0.317 e. The molecule has 1 aromatic heterocycles. The van der Waals surface area contributed by atoms with E-state index in [-0.39, 0.29) is 6.03 Å². The Morgan fingerprint density at radius 3 is 3.08 bits per heavy atom. The number of carbonyl (C=O) groups excluding carboxylic acids is 1. The third-order valence-corrected chi connectivity index (χ3v) is 1.41. The van der Waals surface area contributed by atoms with Crippen LogP contribution in [0.5, 0.6) is 0 Å². The first-order valence-electron chi connectivity index (χ1n) is 3.51. The predicted molar refractivity (Wildman–Crippen MR) is 42.3 cm³/mol. The molecule has 0 spiro atoms. The molecular weight excluding hydrogens is 158 g/mol. The second-order valence-electron chi connectivity index (χ2n) is 2.34. The van der Waals surface area contributed by atoms with Gasteiger partial charge in [0.25, 0.3) is 0 Å². The maximum absolute atomic E-state index is 11.0. The standard InChI is InChI=1S/C6H11N5O/c1-7-6(12)11(2)3-5-8-4-9-10-5/h4H,3H2,1-2H3,(H,7,12)(H,8,9,10). The molecule has 12 heavy (non-hydrogen) atoms. The molecule has 2 N–H and O–H groups in total. The minimum atomic E-state index is -0.147. The zero-order chi connectivity index (χ0) is 8.97. The lowest BCUT2D eigenvalue weighted by Crippen LogP contribution is -2.34. The van der Waals surface area contributed by atoms with Crippen molar-refractivity contribution in [2.75, 3.05) is 14.1 Å². The number of rotatable bonds is 2. The first-order chi connectivity index (χ1) is 5.74. The van der Waals surface area contributed by atoms with Gasteiger partial charge in [-0.15, -0.1) is 0 Å². The maximum Gasteiger partial charge on any atom is 0.317 e. The molecule has 6 nitrogen and oxygen atoms in total. The van der Waals surface area contributed by atoms with Crippen LogP contribution in [0.1, 0.15) is 5.82 Å². The fourth-order valence-corrected chi connectivity index (χ4v) is 0.794. The van der Waals surface area contributed by atoms with E-state index in [2.05, 4.69) is 20.5 Å². The van der Waals surface area contributed by atoms with Crippen molar-refractivity contribution >= 4 is 6.03 Å². The van der Waals surface area contributed by atoms with E-state index in [1.54, 1.807) is 14.1 Å². The molecule has 2 amide bonds. The molecule has 0 aliphatic rings. The number of amides is 2. The summed E-state index contributed by atoms with van der Waals surface area (Å²) in [5, 5.41) is 8.83. The first kappa shape index (κ1) is 8.51. The lowest BCUT2D eigenvalue weighted by Gasteiger charge is -2.13. The van der Waals surface area contributed by atoms with Gasteiger partial charge in [0.05, 0.1) is 6.54 Å². The van der Waals surface area contributed by atoms with E-state index in [4.69, 9.17) is 0 Å². The van der Waals surface area contributed by atoms with Crippen molar-refractivity contribution in [3.05, 3.63) is 12.2 Å². The van der Waals surface area contributed by atoms with E-state index in [1.807, 2.05) is 0 Å². The molecule has 0 bridgehead atoms. The average molecular weight is 169 g/mol. The van der Waals surface area contributed by atoms with E-state index in [0.717, 1.165) is 0 Å². The number of aromatic amines is 1. The van der Waals surface area contributed by atoms with Gasteiger partial charge < -0.3 is 10.2 Å². The van der Waals surface area contributed by atoms with Gasteiger partial charge in [0.15, 0.2) is 0 Å². The van der Waals surface area contributed by atoms with E-state index >= 15 is 0 Å². The lowest BCUT2D eigenvalue weighted by molar-refractivity contribution is 0.208. The molecular formula is C6H11N5O. The van der Waals surface area contributed by atoms with Crippen molar-refractivity contribution in [1.29, 1.82) is 0 Å². The number of hydrogen-bond acceptors (Lipinski definition) is 3. The normalized spacial score (nSPS) is 9.50.